The van der Waals surface area contributed by atoms with Gasteiger partial charge in [-0.1, -0.05) is 12.1 Å². The summed E-state index contributed by atoms with van der Waals surface area (Å²) >= 11 is 0. The minimum Gasteiger partial charge on any atom is -0.478 e. The van der Waals surface area contributed by atoms with Gasteiger partial charge in [-0.15, -0.1) is 0 Å². The maximum atomic E-state index is 12.4. The molecule has 0 atom stereocenters. The Balaban J connectivity index is 1.75. The van der Waals surface area contributed by atoms with Crippen molar-refractivity contribution in [3.05, 3.63) is 68.8 Å². The van der Waals surface area contributed by atoms with Crippen LogP contribution in [0.15, 0.2) is 36.4 Å². The highest BCUT2D eigenvalue weighted by atomic mass is 16.6. The number of carbonyl (C=O) groups excluding carboxylic acids is 2. The molecule has 0 aliphatic heterocycles. The average molecular weight is 355 g/mol. The standard InChI is InChI=1S/C19H17NO6/c1-25-19(22)15-7-8-18(16(10-15)20(23)24)26-11-17(21)14-6-5-12-3-2-4-13(12)9-14/h5-10H,2-4,11H2,1H3. The van der Waals surface area contributed by atoms with E-state index in [1.807, 2.05) is 12.1 Å². The zero-order chi connectivity index (χ0) is 18.7. The number of benzene rings is 2. The van der Waals surface area contributed by atoms with Crippen molar-refractivity contribution in [3.8, 4) is 5.75 Å². The number of esters is 1. The quantitative estimate of drug-likeness (QED) is 0.342. The predicted molar refractivity (Wildman–Crippen MR) is 92.7 cm³/mol. The first kappa shape index (κ1) is 17.6. The van der Waals surface area contributed by atoms with Gasteiger partial charge in [0.1, 0.15) is 0 Å². The highest BCUT2D eigenvalue weighted by Gasteiger charge is 2.21. The van der Waals surface area contributed by atoms with E-state index in [0.29, 0.717) is 5.56 Å². The molecule has 2 aromatic carbocycles. The predicted octanol–water partition coefficient (Wildman–Crippen LogP) is 3.13. The van der Waals surface area contributed by atoms with Crippen LogP contribution in [0.4, 0.5) is 5.69 Å². The van der Waals surface area contributed by atoms with Crippen molar-refractivity contribution in [2.75, 3.05) is 13.7 Å². The van der Waals surface area contributed by atoms with Crippen LogP contribution in [0.2, 0.25) is 0 Å². The maximum absolute atomic E-state index is 12.4. The van der Waals surface area contributed by atoms with Crippen LogP contribution in [0.5, 0.6) is 5.75 Å². The molecule has 0 saturated carbocycles. The fourth-order valence-electron chi connectivity index (χ4n) is 3.00. The Morgan fingerprint density at radius 3 is 2.54 bits per heavy atom. The van der Waals surface area contributed by atoms with Gasteiger partial charge in [0.15, 0.2) is 18.1 Å². The largest absolute Gasteiger partial charge is 0.478 e. The van der Waals surface area contributed by atoms with Crippen LogP contribution in [0.3, 0.4) is 0 Å². The number of ether oxygens (including phenoxy) is 2. The molecule has 134 valence electrons. The van der Waals surface area contributed by atoms with Crippen LogP contribution in [0.25, 0.3) is 0 Å². The zero-order valence-electron chi connectivity index (χ0n) is 14.2. The van der Waals surface area contributed by atoms with Crippen molar-refractivity contribution in [1.29, 1.82) is 0 Å². The summed E-state index contributed by atoms with van der Waals surface area (Å²) in [4.78, 5) is 34.4. The van der Waals surface area contributed by atoms with Gasteiger partial charge in [-0.2, -0.15) is 0 Å². The van der Waals surface area contributed by atoms with E-state index < -0.39 is 16.6 Å². The van der Waals surface area contributed by atoms with Crippen molar-refractivity contribution in [2.24, 2.45) is 0 Å². The number of nitrogens with zero attached hydrogens (tertiary/aromatic N) is 1. The Bertz CT molecular complexity index is 890. The molecule has 0 fully saturated rings. The third-order valence-electron chi connectivity index (χ3n) is 4.36. The number of ketones is 1. The lowest BCUT2D eigenvalue weighted by molar-refractivity contribution is -0.385. The Morgan fingerprint density at radius 2 is 1.81 bits per heavy atom. The molecule has 2 aromatic rings. The minimum absolute atomic E-state index is 0.0384. The summed E-state index contributed by atoms with van der Waals surface area (Å²) in [7, 11) is 1.19. The van der Waals surface area contributed by atoms with Crippen LogP contribution in [-0.2, 0) is 17.6 Å². The normalized spacial score (nSPS) is 12.3. The first-order valence-electron chi connectivity index (χ1n) is 8.14. The van der Waals surface area contributed by atoms with Crippen molar-refractivity contribution in [3.63, 3.8) is 0 Å². The second kappa shape index (κ2) is 7.35. The zero-order valence-corrected chi connectivity index (χ0v) is 14.2. The molecule has 7 nitrogen and oxygen atoms in total. The molecule has 0 amide bonds. The molecule has 7 heteroatoms. The van der Waals surface area contributed by atoms with Crippen LogP contribution >= 0.6 is 0 Å². The van der Waals surface area contributed by atoms with E-state index in [2.05, 4.69) is 4.74 Å². The lowest BCUT2D eigenvalue weighted by Gasteiger charge is -2.08. The number of hydrogen-bond acceptors (Lipinski definition) is 6. The van der Waals surface area contributed by atoms with Gasteiger partial charge in [-0.05, 0) is 48.6 Å². The lowest BCUT2D eigenvalue weighted by atomic mass is 10.0. The number of rotatable bonds is 6. The third kappa shape index (κ3) is 3.56. The number of methoxy groups -OCH3 is 1. The molecule has 0 bridgehead atoms. The number of Topliss-reactive ketones (excluding diaryl/α,β-unsaturated/α-hetero) is 1. The lowest BCUT2D eigenvalue weighted by Crippen LogP contribution is -2.13. The average Bonchev–Trinajstić information content (AvgIpc) is 3.12. The summed E-state index contributed by atoms with van der Waals surface area (Å²) in [6.07, 6.45) is 3.07. The van der Waals surface area contributed by atoms with Crippen LogP contribution < -0.4 is 4.74 Å². The monoisotopic (exact) mass is 355 g/mol. The summed E-state index contributed by atoms with van der Waals surface area (Å²) in [5.74, 6) is -1.02. The molecular formula is C19H17NO6. The first-order valence-corrected chi connectivity index (χ1v) is 8.14. The smallest absolute Gasteiger partial charge is 0.338 e. The number of aryl methyl sites for hydroxylation is 2. The van der Waals surface area contributed by atoms with Crippen molar-refractivity contribution >= 4 is 17.4 Å². The third-order valence-corrected chi connectivity index (χ3v) is 4.36. The number of nitro groups is 1. The molecule has 0 unspecified atom stereocenters. The number of carbonyl (C=O) groups is 2. The molecule has 26 heavy (non-hydrogen) atoms. The van der Waals surface area contributed by atoms with Gasteiger partial charge in [-0.3, -0.25) is 14.9 Å². The van der Waals surface area contributed by atoms with E-state index in [0.717, 1.165) is 25.3 Å². The van der Waals surface area contributed by atoms with E-state index in [4.69, 9.17) is 4.74 Å². The van der Waals surface area contributed by atoms with Gasteiger partial charge < -0.3 is 9.47 Å². The summed E-state index contributed by atoms with van der Waals surface area (Å²) in [6, 6.07) is 9.28. The maximum Gasteiger partial charge on any atom is 0.338 e. The summed E-state index contributed by atoms with van der Waals surface area (Å²) < 4.78 is 9.91. The molecule has 0 radical (unpaired) electrons. The molecule has 1 aliphatic carbocycles. The fraction of sp³-hybridized carbons (Fsp3) is 0.263. The molecule has 3 rings (SSSR count). The topological polar surface area (TPSA) is 95.7 Å². The van der Waals surface area contributed by atoms with E-state index in [9.17, 15) is 19.7 Å². The highest BCUT2D eigenvalue weighted by Crippen LogP contribution is 2.29. The Hall–Kier alpha value is -3.22. The number of hydrogen-bond donors (Lipinski definition) is 0. The molecule has 0 aromatic heterocycles. The van der Waals surface area contributed by atoms with Crippen LogP contribution in [-0.4, -0.2) is 30.4 Å². The Morgan fingerprint density at radius 1 is 1.08 bits per heavy atom. The minimum atomic E-state index is -0.686. The molecule has 0 saturated heterocycles. The van der Waals surface area contributed by atoms with Crippen LogP contribution in [0, 0.1) is 10.1 Å². The van der Waals surface area contributed by atoms with Gasteiger partial charge in [0.2, 0.25) is 0 Å². The number of fused-ring (bicyclic) bond motifs is 1. The van der Waals surface area contributed by atoms with Gasteiger partial charge >= 0.3 is 11.7 Å². The summed E-state index contributed by atoms with van der Waals surface area (Å²) in [5, 5.41) is 11.2. The van der Waals surface area contributed by atoms with Gasteiger partial charge in [-0.25, -0.2) is 4.79 Å². The first-order chi connectivity index (χ1) is 12.5. The second-order valence-corrected chi connectivity index (χ2v) is 5.98. The van der Waals surface area contributed by atoms with Gasteiger partial charge in [0.05, 0.1) is 17.6 Å². The van der Waals surface area contributed by atoms with Crippen molar-refractivity contribution < 1.29 is 24.0 Å². The summed E-state index contributed by atoms with van der Waals surface area (Å²) in [6.45, 7) is -0.322. The van der Waals surface area contributed by atoms with Crippen molar-refractivity contribution in [1.82, 2.24) is 0 Å². The second-order valence-electron chi connectivity index (χ2n) is 5.98. The Kier molecular flexibility index (Phi) is 4.97. The van der Waals surface area contributed by atoms with E-state index in [-0.39, 0.29) is 23.7 Å². The highest BCUT2D eigenvalue weighted by molar-refractivity contribution is 5.97. The number of nitro benzene ring substituents is 1. The molecule has 0 heterocycles. The van der Waals surface area contributed by atoms with Crippen molar-refractivity contribution in [2.45, 2.75) is 19.3 Å². The van der Waals surface area contributed by atoms with Gasteiger partial charge in [0, 0.05) is 11.6 Å². The fourth-order valence-corrected chi connectivity index (χ4v) is 3.00. The van der Waals surface area contributed by atoms with E-state index in [1.54, 1.807) is 6.07 Å². The Labute approximate surface area is 149 Å². The molecular weight excluding hydrogens is 338 g/mol. The van der Waals surface area contributed by atoms with E-state index >= 15 is 0 Å². The molecule has 0 spiro atoms. The van der Waals surface area contributed by atoms with Gasteiger partial charge in [0.25, 0.3) is 0 Å². The van der Waals surface area contributed by atoms with E-state index in [1.165, 1.54) is 30.4 Å². The van der Waals surface area contributed by atoms with Crippen LogP contribution in [0.1, 0.15) is 38.3 Å². The SMILES string of the molecule is COC(=O)c1ccc(OCC(=O)c2ccc3c(c2)CCC3)c([N+](=O)[O-])c1. The molecule has 1 aliphatic rings. The molecule has 0 N–H and O–H groups in total. The summed E-state index contributed by atoms with van der Waals surface area (Å²) in [5.41, 5.74) is 2.60.